The number of benzene rings is 1. The van der Waals surface area contributed by atoms with Crippen molar-refractivity contribution >= 4 is 5.91 Å². The Kier molecular flexibility index (Phi) is 5.71. The van der Waals surface area contributed by atoms with Crippen molar-refractivity contribution in [2.24, 2.45) is 7.05 Å². The standard InChI is InChI=1S/C19H26N4O2/c1-15-5-3-6-17(11-15)25-10-8-20-19(24)14-23-9-4-7-18(23)16-12-21-22(2)13-16/h3,5-6,11-13,18H,4,7-10,14H2,1-2H3,(H,20,24)/t18-/m0/s1. The van der Waals surface area contributed by atoms with Crippen LogP contribution in [0.15, 0.2) is 36.7 Å². The molecule has 1 saturated heterocycles. The van der Waals surface area contributed by atoms with Crippen molar-refractivity contribution in [2.45, 2.75) is 25.8 Å². The Balaban J connectivity index is 1.41. The Morgan fingerprint density at radius 3 is 3.08 bits per heavy atom. The van der Waals surface area contributed by atoms with Crippen LogP contribution < -0.4 is 10.1 Å². The van der Waals surface area contributed by atoms with Gasteiger partial charge in [0, 0.05) is 24.8 Å². The minimum Gasteiger partial charge on any atom is -0.492 e. The number of ether oxygens (including phenoxy) is 1. The zero-order valence-electron chi connectivity index (χ0n) is 14.9. The number of nitrogens with one attached hydrogen (secondary N) is 1. The van der Waals surface area contributed by atoms with Gasteiger partial charge in [-0.3, -0.25) is 14.4 Å². The molecule has 6 heteroatoms. The first-order chi connectivity index (χ1) is 12.1. The Morgan fingerprint density at radius 1 is 1.44 bits per heavy atom. The molecule has 0 bridgehead atoms. The van der Waals surface area contributed by atoms with Crippen LogP contribution >= 0.6 is 0 Å². The minimum absolute atomic E-state index is 0.0450. The van der Waals surface area contributed by atoms with Crippen LogP contribution in [-0.2, 0) is 11.8 Å². The number of likely N-dealkylation sites (tertiary alicyclic amines) is 1. The van der Waals surface area contributed by atoms with Gasteiger partial charge in [-0.2, -0.15) is 5.10 Å². The molecular weight excluding hydrogens is 316 g/mol. The average Bonchev–Trinajstić information content (AvgIpc) is 3.20. The second-order valence-corrected chi connectivity index (χ2v) is 6.59. The quantitative estimate of drug-likeness (QED) is 0.783. The fourth-order valence-electron chi connectivity index (χ4n) is 3.31. The lowest BCUT2D eigenvalue weighted by atomic mass is 10.1. The summed E-state index contributed by atoms with van der Waals surface area (Å²) in [5, 5.41) is 7.19. The number of aryl methyl sites for hydroxylation is 2. The molecule has 0 radical (unpaired) electrons. The Hall–Kier alpha value is -2.34. The highest BCUT2D eigenvalue weighted by Gasteiger charge is 2.28. The van der Waals surface area contributed by atoms with Gasteiger partial charge in [0.25, 0.3) is 0 Å². The number of rotatable bonds is 7. The van der Waals surface area contributed by atoms with Crippen LogP contribution in [0.5, 0.6) is 5.75 Å². The lowest BCUT2D eigenvalue weighted by Crippen LogP contribution is -2.38. The van der Waals surface area contributed by atoms with Crippen molar-refractivity contribution < 1.29 is 9.53 Å². The molecule has 134 valence electrons. The molecule has 2 aromatic rings. The Bertz CT molecular complexity index is 713. The van der Waals surface area contributed by atoms with Crippen molar-refractivity contribution in [3.05, 3.63) is 47.8 Å². The number of carbonyl (C=O) groups excluding carboxylic acids is 1. The third-order valence-corrected chi connectivity index (χ3v) is 4.50. The van der Waals surface area contributed by atoms with E-state index in [0.29, 0.717) is 25.7 Å². The van der Waals surface area contributed by atoms with Crippen LogP contribution in [0.1, 0.15) is 30.0 Å². The molecular formula is C19H26N4O2. The largest absolute Gasteiger partial charge is 0.492 e. The molecule has 0 unspecified atom stereocenters. The first kappa shape index (κ1) is 17.5. The molecule has 6 nitrogen and oxygen atoms in total. The summed E-state index contributed by atoms with van der Waals surface area (Å²) in [4.78, 5) is 14.4. The molecule has 0 spiro atoms. The summed E-state index contributed by atoms with van der Waals surface area (Å²) in [5.41, 5.74) is 2.35. The summed E-state index contributed by atoms with van der Waals surface area (Å²) >= 11 is 0. The van der Waals surface area contributed by atoms with Crippen LogP contribution in [0.4, 0.5) is 0 Å². The number of hydrogen-bond acceptors (Lipinski definition) is 4. The predicted octanol–water partition coefficient (Wildman–Crippen LogP) is 2.06. The lowest BCUT2D eigenvalue weighted by Gasteiger charge is -2.22. The van der Waals surface area contributed by atoms with Crippen molar-refractivity contribution in [1.29, 1.82) is 0 Å². The summed E-state index contributed by atoms with van der Waals surface area (Å²) in [6.07, 6.45) is 6.13. The third-order valence-electron chi connectivity index (χ3n) is 4.50. The maximum atomic E-state index is 12.2. The molecule has 1 N–H and O–H groups in total. The van der Waals surface area contributed by atoms with E-state index in [1.807, 2.05) is 55.3 Å². The fourth-order valence-corrected chi connectivity index (χ4v) is 3.31. The molecule has 1 atom stereocenters. The van der Waals surface area contributed by atoms with Gasteiger partial charge in [-0.05, 0) is 44.0 Å². The molecule has 3 rings (SSSR count). The molecule has 25 heavy (non-hydrogen) atoms. The number of aromatic nitrogens is 2. The maximum absolute atomic E-state index is 12.2. The Labute approximate surface area is 148 Å². The molecule has 1 fully saturated rings. The van der Waals surface area contributed by atoms with Gasteiger partial charge in [-0.25, -0.2) is 0 Å². The maximum Gasteiger partial charge on any atom is 0.234 e. The average molecular weight is 342 g/mol. The number of amides is 1. The molecule has 1 aromatic carbocycles. The van der Waals surface area contributed by atoms with Crippen LogP contribution in [0.25, 0.3) is 0 Å². The Morgan fingerprint density at radius 2 is 2.32 bits per heavy atom. The van der Waals surface area contributed by atoms with Crippen molar-refractivity contribution in [3.8, 4) is 5.75 Å². The van der Waals surface area contributed by atoms with Gasteiger partial charge in [0.15, 0.2) is 0 Å². The highest BCUT2D eigenvalue weighted by atomic mass is 16.5. The van der Waals surface area contributed by atoms with E-state index in [9.17, 15) is 4.79 Å². The van der Waals surface area contributed by atoms with Crippen molar-refractivity contribution in [3.63, 3.8) is 0 Å². The van der Waals surface area contributed by atoms with Gasteiger partial charge in [0.2, 0.25) is 5.91 Å². The van der Waals surface area contributed by atoms with E-state index in [4.69, 9.17) is 4.74 Å². The normalized spacial score (nSPS) is 17.6. The second kappa shape index (κ2) is 8.16. The number of carbonyl (C=O) groups is 1. The predicted molar refractivity (Wildman–Crippen MR) is 96.4 cm³/mol. The van der Waals surface area contributed by atoms with E-state index >= 15 is 0 Å². The molecule has 0 aliphatic carbocycles. The zero-order valence-corrected chi connectivity index (χ0v) is 14.9. The molecule has 1 aromatic heterocycles. The van der Waals surface area contributed by atoms with Crippen LogP contribution in [0, 0.1) is 6.92 Å². The highest BCUT2D eigenvalue weighted by molar-refractivity contribution is 5.78. The SMILES string of the molecule is Cc1cccc(OCCNC(=O)CN2CCC[C@H]2c2cnn(C)c2)c1. The van der Waals surface area contributed by atoms with Crippen molar-refractivity contribution in [2.75, 3.05) is 26.2 Å². The van der Waals surface area contributed by atoms with Gasteiger partial charge >= 0.3 is 0 Å². The van der Waals surface area contributed by atoms with E-state index < -0.39 is 0 Å². The number of nitrogens with zero attached hydrogens (tertiary/aromatic N) is 3. The van der Waals surface area contributed by atoms with Gasteiger partial charge in [0.1, 0.15) is 12.4 Å². The van der Waals surface area contributed by atoms with E-state index in [1.165, 1.54) is 5.56 Å². The third kappa shape index (κ3) is 4.82. The van der Waals surface area contributed by atoms with Gasteiger partial charge < -0.3 is 10.1 Å². The first-order valence-electron chi connectivity index (χ1n) is 8.80. The molecule has 2 heterocycles. The van der Waals surface area contributed by atoms with Crippen LogP contribution in [-0.4, -0.2) is 46.8 Å². The second-order valence-electron chi connectivity index (χ2n) is 6.59. The van der Waals surface area contributed by atoms with Gasteiger partial charge in [-0.1, -0.05) is 12.1 Å². The summed E-state index contributed by atoms with van der Waals surface area (Å²) in [6, 6.07) is 8.21. The first-order valence-corrected chi connectivity index (χ1v) is 8.80. The van der Waals surface area contributed by atoms with Crippen LogP contribution in [0.2, 0.25) is 0 Å². The monoisotopic (exact) mass is 342 g/mol. The summed E-state index contributed by atoms with van der Waals surface area (Å²) < 4.78 is 7.48. The van der Waals surface area contributed by atoms with E-state index in [0.717, 1.165) is 30.7 Å². The molecule has 0 saturated carbocycles. The van der Waals surface area contributed by atoms with E-state index in [-0.39, 0.29) is 5.91 Å². The summed E-state index contributed by atoms with van der Waals surface area (Å²) in [5.74, 6) is 0.883. The summed E-state index contributed by atoms with van der Waals surface area (Å²) in [6.45, 7) is 4.39. The highest BCUT2D eigenvalue weighted by Crippen LogP contribution is 2.30. The smallest absolute Gasteiger partial charge is 0.234 e. The molecule has 1 aliphatic rings. The minimum atomic E-state index is 0.0450. The molecule has 1 aliphatic heterocycles. The fraction of sp³-hybridized carbons (Fsp3) is 0.474. The lowest BCUT2D eigenvalue weighted by molar-refractivity contribution is -0.122. The number of hydrogen-bond donors (Lipinski definition) is 1. The summed E-state index contributed by atoms with van der Waals surface area (Å²) in [7, 11) is 1.92. The zero-order chi connectivity index (χ0) is 17.6. The van der Waals surface area contributed by atoms with E-state index in [2.05, 4.69) is 15.3 Å². The molecule has 1 amide bonds. The van der Waals surface area contributed by atoms with Gasteiger partial charge in [0.05, 0.1) is 19.3 Å². The van der Waals surface area contributed by atoms with Crippen molar-refractivity contribution in [1.82, 2.24) is 20.0 Å². The van der Waals surface area contributed by atoms with Crippen LogP contribution in [0.3, 0.4) is 0 Å². The van der Waals surface area contributed by atoms with E-state index in [1.54, 1.807) is 0 Å². The van der Waals surface area contributed by atoms with Gasteiger partial charge in [-0.15, -0.1) is 0 Å². The topological polar surface area (TPSA) is 59.4 Å².